The van der Waals surface area contributed by atoms with E-state index in [1.807, 2.05) is 25.1 Å². The molecule has 1 N–H and O–H groups in total. The summed E-state index contributed by atoms with van der Waals surface area (Å²) in [6.45, 7) is 4.42. The van der Waals surface area contributed by atoms with Gasteiger partial charge in [-0.2, -0.15) is 10.3 Å². The molecule has 6 nitrogen and oxygen atoms in total. The van der Waals surface area contributed by atoms with Gasteiger partial charge in [0.15, 0.2) is 5.69 Å². The van der Waals surface area contributed by atoms with Gasteiger partial charge in [0, 0.05) is 10.0 Å². The van der Waals surface area contributed by atoms with E-state index >= 15 is 0 Å². The Morgan fingerprint density at radius 2 is 2.10 bits per heavy atom. The molecule has 1 heterocycles. The lowest BCUT2D eigenvalue weighted by Gasteiger charge is -2.09. The van der Waals surface area contributed by atoms with Crippen molar-refractivity contribution in [2.45, 2.75) is 13.8 Å². The number of nitrogens with zero attached hydrogens (tertiary/aromatic N) is 2. The SMILES string of the molecule is CCOC(=O)c1n[nH]nc1-c1cc(Br)ccc1OCC. The average molecular weight is 340 g/mol. The van der Waals surface area contributed by atoms with E-state index < -0.39 is 5.97 Å². The van der Waals surface area contributed by atoms with Crippen molar-refractivity contribution in [3.63, 3.8) is 0 Å². The van der Waals surface area contributed by atoms with Crippen LogP contribution in [0.2, 0.25) is 0 Å². The molecule has 1 aromatic heterocycles. The summed E-state index contributed by atoms with van der Waals surface area (Å²) in [6.07, 6.45) is 0. The largest absolute Gasteiger partial charge is 0.493 e. The second-order valence-corrected chi connectivity index (χ2v) is 4.73. The Hall–Kier alpha value is -1.89. The molecule has 0 saturated heterocycles. The molecule has 0 unspecified atom stereocenters. The molecule has 2 rings (SSSR count). The number of aromatic amines is 1. The molecule has 1 aromatic carbocycles. The molecule has 0 aliphatic heterocycles. The molecule has 0 spiro atoms. The molecule has 0 amide bonds. The van der Waals surface area contributed by atoms with Crippen molar-refractivity contribution in [2.24, 2.45) is 0 Å². The zero-order chi connectivity index (χ0) is 14.5. The first-order valence-electron chi connectivity index (χ1n) is 6.18. The van der Waals surface area contributed by atoms with Crippen LogP contribution in [-0.2, 0) is 4.74 Å². The minimum atomic E-state index is -0.515. The summed E-state index contributed by atoms with van der Waals surface area (Å²) in [4.78, 5) is 11.9. The third-order valence-corrected chi connectivity index (χ3v) is 3.01. The first-order chi connectivity index (χ1) is 9.67. The van der Waals surface area contributed by atoms with Crippen molar-refractivity contribution in [2.75, 3.05) is 13.2 Å². The number of benzene rings is 1. The Balaban J connectivity index is 2.48. The summed E-state index contributed by atoms with van der Waals surface area (Å²) in [5.41, 5.74) is 1.23. The van der Waals surface area contributed by atoms with Gasteiger partial charge in [0.25, 0.3) is 0 Å². The van der Waals surface area contributed by atoms with Gasteiger partial charge in [-0.25, -0.2) is 4.79 Å². The smallest absolute Gasteiger partial charge is 0.361 e. The molecular weight excluding hydrogens is 326 g/mol. The van der Waals surface area contributed by atoms with E-state index in [9.17, 15) is 4.79 Å². The highest BCUT2D eigenvalue weighted by Gasteiger charge is 2.21. The first kappa shape index (κ1) is 14.5. The fourth-order valence-electron chi connectivity index (χ4n) is 1.73. The number of aromatic nitrogens is 3. The van der Waals surface area contributed by atoms with Gasteiger partial charge in [0.1, 0.15) is 11.4 Å². The van der Waals surface area contributed by atoms with Gasteiger partial charge in [-0.1, -0.05) is 15.9 Å². The molecule has 0 aliphatic rings. The summed E-state index contributed by atoms with van der Waals surface area (Å²) >= 11 is 3.40. The van der Waals surface area contributed by atoms with E-state index in [0.29, 0.717) is 23.6 Å². The van der Waals surface area contributed by atoms with E-state index in [1.165, 1.54) is 0 Å². The van der Waals surface area contributed by atoms with E-state index in [2.05, 4.69) is 31.3 Å². The summed E-state index contributed by atoms with van der Waals surface area (Å²) < 4.78 is 11.4. The Kier molecular flexibility index (Phi) is 4.73. The van der Waals surface area contributed by atoms with Crippen LogP contribution in [0.5, 0.6) is 5.75 Å². The van der Waals surface area contributed by atoms with Gasteiger partial charge in [0.2, 0.25) is 0 Å². The molecule has 0 radical (unpaired) electrons. The maximum absolute atomic E-state index is 11.9. The van der Waals surface area contributed by atoms with Crippen molar-refractivity contribution in [3.05, 3.63) is 28.4 Å². The number of esters is 1. The number of hydrogen-bond donors (Lipinski definition) is 1. The zero-order valence-electron chi connectivity index (χ0n) is 11.1. The number of H-pyrrole nitrogens is 1. The van der Waals surface area contributed by atoms with E-state index in [0.717, 1.165) is 4.47 Å². The predicted octanol–water partition coefficient (Wildman–Crippen LogP) is 2.81. The predicted molar refractivity (Wildman–Crippen MR) is 76.6 cm³/mol. The minimum Gasteiger partial charge on any atom is -0.493 e. The van der Waals surface area contributed by atoms with Crippen molar-refractivity contribution in [3.8, 4) is 17.0 Å². The van der Waals surface area contributed by atoms with Crippen LogP contribution >= 0.6 is 15.9 Å². The highest BCUT2D eigenvalue weighted by atomic mass is 79.9. The Bertz CT molecular complexity index is 613. The monoisotopic (exact) mass is 339 g/mol. The number of halogens is 1. The average Bonchev–Trinajstić information content (AvgIpc) is 2.90. The molecule has 20 heavy (non-hydrogen) atoms. The standard InChI is InChI=1S/C13H14BrN3O3/c1-3-19-10-6-5-8(14)7-9(10)11-12(16-17-15-11)13(18)20-4-2/h5-7H,3-4H2,1-2H3,(H,15,16,17). The molecule has 7 heteroatoms. The van der Waals surface area contributed by atoms with E-state index in [4.69, 9.17) is 9.47 Å². The van der Waals surface area contributed by atoms with Crippen LogP contribution in [0.25, 0.3) is 11.3 Å². The topological polar surface area (TPSA) is 77.1 Å². The van der Waals surface area contributed by atoms with Gasteiger partial charge >= 0.3 is 5.97 Å². The fourth-order valence-corrected chi connectivity index (χ4v) is 2.09. The highest BCUT2D eigenvalue weighted by molar-refractivity contribution is 9.10. The van der Waals surface area contributed by atoms with Gasteiger partial charge in [-0.15, -0.1) is 5.10 Å². The van der Waals surface area contributed by atoms with Gasteiger partial charge in [0.05, 0.1) is 13.2 Å². The Labute approximate surface area is 124 Å². The van der Waals surface area contributed by atoms with E-state index in [-0.39, 0.29) is 12.3 Å². The van der Waals surface area contributed by atoms with Gasteiger partial charge in [-0.3, -0.25) is 0 Å². The summed E-state index contributed by atoms with van der Waals surface area (Å²) in [5, 5.41) is 10.3. The number of carbonyl (C=O) groups is 1. The van der Waals surface area contributed by atoms with Crippen LogP contribution < -0.4 is 4.74 Å². The lowest BCUT2D eigenvalue weighted by Crippen LogP contribution is -2.07. The quantitative estimate of drug-likeness (QED) is 0.847. The van der Waals surface area contributed by atoms with Crippen molar-refractivity contribution in [1.82, 2.24) is 15.4 Å². The van der Waals surface area contributed by atoms with Crippen LogP contribution in [0, 0.1) is 0 Å². The second kappa shape index (κ2) is 6.51. The maximum atomic E-state index is 11.9. The Morgan fingerprint density at radius 3 is 2.80 bits per heavy atom. The van der Waals surface area contributed by atoms with E-state index in [1.54, 1.807) is 6.92 Å². The molecule has 0 aliphatic carbocycles. The minimum absolute atomic E-state index is 0.144. The molecule has 0 atom stereocenters. The van der Waals surface area contributed by atoms with Gasteiger partial charge in [-0.05, 0) is 32.0 Å². The molecular formula is C13H14BrN3O3. The number of nitrogens with one attached hydrogen (secondary N) is 1. The zero-order valence-corrected chi connectivity index (χ0v) is 12.7. The van der Waals surface area contributed by atoms with Crippen LogP contribution in [0.1, 0.15) is 24.3 Å². The van der Waals surface area contributed by atoms with Crippen LogP contribution in [0.3, 0.4) is 0 Å². The maximum Gasteiger partial charge on any atom is 0.361 e. The number of ether oxygens (including phenoxy) is 2. The first-order valence-corrected chi connectivity index (χ1v) is 6.97. The van der Waals surface area contributed by atoms with Crippen LogP contribution in [0.4, 0.5) is 0 Å². The third kappa shape index (κ3) is 2.98. The van der Waals surface area contributed by atoms with Crippen molar-refractivity contribution in [1.29, 1.82) is 0 Å². The van der Waals surface area contributed by atoms with Crippen LogP contribution in [-0.4, -0.2) is 34.6 Å². The lowest BCUT2D eigenvalue weighted by atomic mass is 10.1. The second-order valence-electron chi connectivity index (χ2n) is 3.81. The van der Waals surface area contributed by atoms with Crippen molar-refractivity contribution >= 4 is 21.9 Å². The fraction of sp³-hybridized carbons (Fsp3) is 0.308. The number of rotatable bonds is 5. The van der Waals surface area contributed by atoms with Crippen LogP contribution in [0.15, 0.2) is 22.7 Å². The normalized spacial score (nSPS) is 10.3. The van der Waals surface area contributed by atoms with Crippen molar-refractivity contribution < 1.29 is 14.3 Å². The molecule has 0 saturated carbocycles. The third-order valence-electron chi connectivity index (χ3n) is 2.51. The summed E-state index contributed by atoms with van der Waals surface area (Å²) in [5.74, 6) is 0.119. The summed E-state index contributed by atoms with van der Waals surface area (Å²) in [6, 6.07) is 5.50. The summed E-state index contributed by atoms with van der Waals surface area (Å²) in [7, 11) is 0. The molecule has 0 bridgehead atoms. The number of hydrogen-bond acceptors (Lipinski definition) is 5. The molecule has 106 valence electrons. The highest BCUT2D eigenvalue weighted by Crippen LogP contribution is 2.33. The lowest BCUT2D eigenvalue weighted by molar-refractivity contribution is 0.0520. The van der Waals surface area contributed by atoms with Gasteiger partial charge < -0.3 is 9.47 Å². The molecule has 2 aromatic rings. The molecule has 0 fully saturated rings. The number of carbonyl (C=O) groups excluding carboxylic acids is 1. The Morgan fingerprint density at radius 1 is 1.30 bits per heavy atom.